The van der Waals surface area contributed by atoms with Crippen LogP contribution in [0.4, 0.5) is 0 Å². The summed E-state index contributed by atoms with van der Waals surface area (Å²) < 4.78 is 0. The van der Waals surface area contributed by atoms with Gasteiger partial charge in [-0.15, -0.1) is 0 Å². The summed E-state index contributed by atoms with van der Waals surface area (Å²) in [6.45, 7) is 14.8. The Hall–Kier alpha value is -0.560. The Morgan fingerprint density at radius 1 is 1.06 bits per heavy atom. The molecule has 1 nitrogen and oxygen atoms in total. The van der Waals surface area contributed by atoms with E-state index in [2.05, 4.69) is 59.8 Å². The fourth-order valence-electron chi connectivity index (χ4n) is 9.08. The van der Waals surface area contributed by atoms with E-state index in [9.17, 15) is 5.11 Å². The van der Waals surface area contributed by atoms with Gasteiger partial charge >= 0.3 is 0 Å². The predicted octanol–water partition coefficient (Wildman–Crippen LogP) is 8.19. The lowest BCUT2D eigenvalue weighted by atomic mass is 9.47. The van der Waals surface area contributed by atoms with E-state index in [-0.39, 0.29) is 6.10 Å². The summed E-state index contributed by atoms with van der Waals surface area (Å²) in [4.78, 5) is 0. The minimum atomic E-state index is -0.0856. The molecule has 9 unspecified atom stereocenters. The van der Waals surface area contributed by atoms with Crippen LogP contribution in [-0.2, 0) is 0 Å². The molecular formula is C30H50O. The molecule has 9 atom stereocenters. The van der Waals surface area contributed by atoms with Gasteiger partial charge in [0.25, 0.3) is 0 Å². The van der Waals surface area contributed by atoms with Crippen LogP contribution < -0.4 is 0 Å². The van der Waals surface area contributed by atoms with Crippen LogP contribution in [0.1, 0.15) is 106 Å². The highest BCUT2D eigenvalue weighted by molar-refractivity contribution is 5.25. The monoisotopic (exact) mass is 426 g/mol. The molecule has 0 radical (unpaired) electrons. The van der Waals surface area contributed by atoms with Gasteiger partial charge in [0.05, 0.1) is 6.10 Å². The van der Waals surface area contributed by atoms with Crippen molar-refractivity contribution in [2.24, 2.45) is 52.3 Å². The van der Waals surface area contributed by atoms with Crippen molar-refractivity contribution in [2.75, 3.05) is 0 Å². The molecule has 0 heterocycles. The zero-order valence-electron chi connectivity index (χ0n) is 21.4. The molecule has 3 fully saturated rings. The third kappa shape index (κ3) is 4.11. The smallest absolute Gasteiger partial charge is 0.0577 e. The van der Waals surface area contributed by atoms with Crippen LogP contribution in [0.5, 0.6) is 0 Å². The second-order valence-corrected chi connectivity index (χ2v) is 12.8. The van der Waals surface area contributed by atoms with Gasteiger partial charge in [0.1, 0.15) is 0 Å². The van der Waals surface area contributed by atoms with Gasteiger partial charge in [0, 0.05) is 0 Å². The molecule has 176 valence electrons. The molecule has 0 spiro atoms. The highest BCUT2D eigenvalue weighted by Crippen LogP contribution is 2.67. The third-order valence-electron chi connectivity index (χ3n) is 11.1. The van der Waals surface area contributed by atoms with Crippen molar-refractivity contribution in [1.82, 2.24) is 0 Å². The number of fused-ring (bicyclic) bond motifs is 5. The van der Waals surface area contributed by atoms with Gasteiger partial charge in [-0.1, -0.05) is 65.3 Å². The fraction of sp³-hybridized carbons (Fsp3) is 0.867. The standard InChI is InChI=1S/C30H50O/c1-7-22(20(2)3)10-8-9-21(4)26-13-14-27-25-12-11-23-19-24(31)15-17-29(23,5)28(25)16-18-30(26,27)6/h8,10-11,20-22,24-28,31H,7,9,12-19H2,1-6H3. The number of aliphatic hydroxyl groups excluding tert-OH is 1. The molecule has 0 saturated heterocycles. The molecular weight excluding hydrogens is 376 g/mol. The molecule has 0 aromatic heterocycles. The lowest BCUT2D eigenvalue weighted by molar-refractivity contribution is -0.0565. The van der Waals surface area contributed by atoms with E-state index in [0.29, 0.717) is 10.8 Å². The van der Waals surface area contributed by atoms with Gasteiger partial charge < -0.3 is 5.11 Å². The second-order valence-electron chi connectivity index (χ2n) is 12.8. The molecule has 4 aliphatic rings. The largest absolute Gasteiger partial charge is 0.393 e. The number of rotatable bonds is 6. The third-order valence-corrected chi connectivity index (χ3v) is 11.1. The summed E-state index contributed by atoms with van der Waals surface area (Å²) in [6, 6.07) is 0. The number of hydrogen-bond donors (Lipinski definition) is 1. The van der Waals surface area contributed by atoms with Crippen molar-refractivity contribution in [3.63, 3.8) is 0 Å². The highest BCUT2D eigenvalue weighted by Gasteiger charge is 2.59. The maximum Gasteiger partial charge on any atom is 0.0577 e. The molecule has 0 aromatic carbocycles. The molecule has 0 aliphatic heterocycles. The van der Waals surface area contributed by atoms with Gasteiger partial charge in [0.15, 0.2) is 0 Å². The van der Waals surface area contributed by atoms with Crippen LogP contribution in [-0.4, -0.2) is 11.2 Å². The van der Waals surface area contributed by atoms with Gasteiger partial charge in [-0.2, -0.15) is 0 Å². The average Bonchev–Trinajstić information content (AvgIpc) is 3.08. The second kappa shape index (κ2) is 9.00. The Morgan fingerprint density at radius 3 is 2.55 bits per heavy atom. The zero-order chi connectivity index (χ0) is 22.4. The van der Waals surface area contributed by atoms with Crippen LogP contribution in [0, 0.1) is 52.3 Å². The molecule has 31 heavy (non-hydrogen) atoms. The Labute approximate surface area is 193 Å². The number of aliphatic hydroxyl groups is 1. The first-order chi connectivity index (χ1) is 14.7. The van der Waals surface area contributed by atoms with Crippen molar-refractivity contribution in [1.29, 1.82) is 0 Å². The van der Waals surface area contributed by atoms with Crippen LogP contribution in [0.25, 0.3) is 0 Å². The van der Waals surface area contributed by atoms with Crippen LogP contribution in [0.2, 0.25) is 0 Å². The first-order valence-corrected chi connectivity index (χ1v) is 13.7. The highest BCUT2D eigenvalue weighted by atomic mass is 16.3. The summed E-state index contributed by atoms with van der Waals surface area (Å²) in [5.41, 5.74) is 2.54. The molecule has 3 saturated carbocycles. The average molecular weight is 427 g/mol. The Kier molecular flexibility index (Phi) is 6.85. The topological polar surface area (TPSA) is 20.2 Å². The van der Waals surface area contributed by atoms with E-state index >= 15 is 0 Å². The number of hydrogen-bond acceptors (Lipinski definition) is 1. The molecule has 4 aliphatic carbocycles. The van der Waals surface area contributed by atoms with Crippen molar-refractivity contribution in [3.8, 4) is 0 Å². The normalized spacial score (nSPS) is 44.5. The maximum atomic E-state index is 10.3. The minimum Gasteiger partial charge on any atom is -0.393 e. The van der Waals surface area contributed by atoms with Crippen LogP contribution >= 0.6 is 0 Å². The van der Waals surface area contributed by atoms with Crippen molar-refractivity contribution in [2.45, 2.75) is 112 Å². The van der Waals surface area contributed by atoms with E-state index in [1.807, 2.05) is 0 Å². The van der Waals surface area contributed by atoms with Gasteiger partial charge in [0.2, 0.25) is 0 Å². The maximum absolute atomic E-state index is 10.3. The molecule has 0 bridgehead atoms. The number of allylic oxidation sites excluding steroid dienone is 3. The van der Waals surface area contributed by atoms with E-state index in [1.54, 1.807) is 5.57 Å². The SMILES string of the molecule is CCC(C=CCC(C)C1CCC2C3CC=C4CC(O)CCC4(C)C3CCC12C)C(C)C. The quantitative estimate of drug-likeness (QED) is 0.424. The summed E-state index contributed by atoms with van der Waals surface area (Å²) in [6.07, 6.45) is 20.3. The van der Waals surface area contributed by atoms with E-state index in [4.69, 9.17) is 0 Å². The van der Waals surface area contributed by atoms with Gasteiger partial charge in [-0.05, 0) is 116 Å². The minimum absolute atomic E-state index is 0.0856. The van der Waals surface area contributed by atoms with E-state index in [0.717, 1.165) is 54.3 Å². The van der Waals surface area contributed by atoms with Crippen molar-refractivity contribution in [3.05, 3.63) is 23.8 Å². The molecule has 1 heteroatoms. The van der Waals surface area contributed by atoms with Crippen molar-refractivity contribution < 1.29 is 5.11 Å². The Morgan fingerprint density at radius 2 is 1.84 bits per heavy atom. The fourth-order valence-corrected chi connectivity index (χ4v) is 9.08. The van der Waals surface area contributed by atoms with E-state index in [1.165, 1.54) is 51.4 Å². The summed E-state index contributed by atoms with van der Waals surface area (Å²) in [5.74, 6) is 5.88. The molecule has 0 aromatic rings. The Bertz CT molecular complexity index is 689. The lowest BCUT2D eigenvalue weighted by Gasteiger charge is -2.58. The summed E-state index contributed by atoms with van der Waals surface area (Å²) in [5, 5.41) is 10.3. The van der Waals surface area contributed by atoms with Crippen LogP contribution in [0.3, 0.4) is 0 Å². The summed E-state index contributed by atoms with van der Waals surface area (Å²) >= 11 is 0. The Balaban J connectivity index is 1.46. The lowest BCUT2D eigenvalue weighted by Crippen LogP contribution is -2.50. The predicted molar refractivity (Wildman–Crippen MR) is 133 cm³/mol. The van der Waals surface area contributed by atoms with Gasteiger partial charge in [-0.3, -0.25) is 0 Å². The van der Waals surface area contributed by atoms with E-state index < -0.39 is 0 Å². The van der Waals surface area contributed by atoms with Gasteiger partial charge in [-0.25, -0.2) is 0 Å². The molecule has 4 rings (SSSR count). The first-order valence-electron chi connectivity index (χ1n) is 13.7. The molecule has 1 N–H and O–H groups in total. The summed E-state index contributed by atoms with van der Waals surface area (Å²) in [7, 11) is 0. The van der Waals surface area contributed by atoms with Crippen LogP contribution in [0.15, 0.2) is 23.8 Å². The first kappa shape index (κ1) is 23.6. The van der Waals surface area contributed by atoms with Crippen molar-refractivity contribution >= 4 is 0 Å². The molecule has 0 amide bonds. The zero-order valence-corrected chi connectivity index (χ0v) is 21.4.